The highest BCUT2D eigenvalue weighted by Gasteiger charge is 2.33. The number of amides is 3. The van der Waals surface area contributed by atoms with Crippen LogP contribution in [0.25, 0.3) is 17.4 Å². The molecule has 0 unspecified atom stereocenters. The highest BCUT2D eigenvalue weighted by molar-refractivity contribution is 6.33. The second-order valence-electron chi connectivity index (χ2n) is 6.69. The lowest BCUT2D eigenvalue weighted by atomic mass is 10.1. The minimum absolute atomic E-state index is 0.00322. The van der Waals surface area contributed by atoms with Crippen LogP contribution in [-0.2, 0) is 11.3 Å². The van der Waals surface area contributed by atoms with Gasteiger partial charge < -0.3 is 19.6 Å². The van der Waals surface area contributed by atoms with Gasteiger partial charge in [0.2, 0.25) is 0 Å². The van der Waals surface area contributed by atoms with Gasteiger partial charge in [0, 0.05) is 17.2 Å². The van der Waals surface area contributed by atoms with E-state index in [4.69, 9.17) is 16.0 Å². The molecule has 0 saturated carbocycles. The van der Waals surface area contributed by atoms with Crippen LogP contribution in [0, 0.1) is 5.82 Å². The van der Waals surface area contributed by atoms with Crippen molar-refractivity contribution >= 4 is 35.6 Å². The van der Waals surface area contributed by atoms with Gasteiger partial charge in [0.15, 0.2) is 0 Å². The third-order valence-electron chi connectivity index (χ3n) is 4.60. The maximum Gasteiger partial charge on any atom is 0.329 e. The Morgan fingerprint density at radius 1 is 1.13 bits per heavy atom. The second-order valence-corrected chi connectivity index (χ2v) is 7.10. The van der Waals surface area contributed by atoms with Crippen molar-refractivity contribution in [2.75, 3.05) is 0 Å². The van der Waals surface area contributed by atoms with E-state index in [1.807, 2.05) is 0 Å². The van der Waals surface area contributed by atoms with Crippen LogP contribution in [0.15, 0.2) is 64.7 Å². The highest BCUT2D eigenvalue weighted by atomic mass is 35.5. The molecule has 31 heavy (non-hydrogen) atoms. The van der Waals surface area contributed by atoms with Crippen LogP contribution in [0.5, 0.6) is 0 Å². The molecular formula is C22H13ClFN2O5-. The molecule has 1 fully saturated rings. The number of carboxylic acid groups (broad SMARTS) is 1. The zero-order chi connectivity index (χ0) is 22.1. The normalized spacial score (nSPS) is 14.9. The number of hydrogen-bond donors (Lipinski definition) is 1. The number of benzene rings is 2. The molecule has 0 aliphatic carbocycles. The van der Waals surface area contributed by atoms with Crippen molar-refractivity contribution in [3.63, 3.8) is 0 Å². The predicted molar refractivity (Wildman–Crippen MR) is 107 cm³/mol. The fourth-order valence-corrected chi connectivity index (χ4v) is 3.31. The number of urea groups is 1. The van der Waals surface area contributed by atoms with Gasteiger partial charge in [-0.1, -0.05) is 35.9 Å². The summed E-state index contributed by atoms with van der Waals surface area (Å²) >= 11 is 5.95. The van der Waals surface area contributed by atoms with Crippen LogP contribution in [0.3, 0.4) is 0 Å². The first-order chi connectivity index (χ1) is 14.8. The summed E-state index contributed by atoms with van der Waals surface area (Å²) < 4.78 is 18.7. The molecule has 3 aromatic rings. The maximum absolute atomic E-state index is 13.0. The molecule has 0 bridgehead atoms. The summed E-state index contributed by atoms with van der Waals surface area (Å²) in [6, 6.07) is 12.3. The summed E-state index contributed by atoms with van der Waals surface area (Å²) in [6.07, 6.45) is 1.38. The van der Waals surface area contributed by atoms with Crippen molar-refractivity contribution in [3.05, 3.63) is 88.0 Å². The molecule has 2 heterocycles. The minimum atomic E-state index is -1.39. The third-order valence-corrected chi connectivity index (χ3v) is 4.92. The quantitative estimate of drug-likeness (QED) is 0.486. The molecule has 1 aromatic heterocycles. The Morgan fingerprint density at radius 2 is 1.87 bits per heavy atom. The molecule has 7 nitrogen and oxygen atoms in total. The molecule has 0 atom stereocenters. The van der Waals surface area contributed by atoms with E-state index in [0.717, 1.165) is 4.90 Å². The monoisotopic (exact) mass is 439 g/mol. The maximum atomic E-state index is 13.0. The number of rotatable bonds is 5. The summed E-state index contributed by atoms with van der Waals surface area (Å²) in [5.74, 6) is -1.66. The fraction of sp³-hybridized carbons (Fsp3) is 0.0455. The zero-order valence-electron chi connectivity index (χ0n) is 15.7. The molecule has 4 rings (SSSR count). The van der Waals surface area contributed by atoms with Crippen molar-refractivity contribution in [1.29, 1.82) is 0 Å². The van der Waals surface area contributed by atoms with Gasteiger partial charge in [0.25, 0.3) is 5.91 Å². The number of halogens is 2. The number of nitrogens with one attached hydrogen (secondary N) is 1. The molecule has 1 aliphatic rings. The standard InChI is InChI=1S/C22H14ClFN2O5/c23-17-9-13(3-7-16(17)21(28)29)19-8-6-15(31-19)10-18-20(27)26(22(30)25-18)11-12-1-4-14(24)5-2-12/h1-10H,11H2,(H,25,30)(H,28,29)/p-1/b18-10+. The number of carbonyl (C=O) groups excluding carboxylic acids is 3. The number of hydrogen-bond acceptors (Lipinski definition) is 5. The molecule has 1 aliphatic heterocycles. The number of nitrogens with zero attached hydrogens (tertiary/aromatic N) is 1. The van der Waals surface area contributed by atoms with Gasteiger partial charge in [-0.15, -0.1) is 0 Å². The summed E-state index contributed by atoms with van der Waals surface area (Å²) in [4.78, 5) is 36.8. The van der Waals surface area contributed by atoms with E-state index in [1.165, 1.54) is 48.5 Å². The van der Waals surface area contributed by atoms with Gasteiger partial charge in [-0.2, -0.15) is 0 Å². The zero-order valence-corrected chi connectivity index (χ0v) is 16.5. The van der Waals surface area contributed by atoms with Gasteiger partial charge >= 0.3 is 6.03 Å². The first-order valence-corrected chi connectivity index (χ1v) is 9.40. The molecule has 2 aromatic carbocycles. The molecule has 0 spiro atoms. The summed E-state index contributed by atoms with van der Waals surface area (Å²) in [5, 5.41) is 13.5. The van der Waals surface area contributed by atoms with Crippen LogP contribution in [0.4, 0.5) is 9.18 Å². The van der Waals surface area contributed by atoms with Crippen LogP contribution < -0.4 is 10.4 Å². The smallest absolute Gasteiger partial charge is 0.329 e. The molecule has 0 radical (unpaired) electrons. The average Bonchev–Trinajstić information content (AvgIpc) is 3.29. The first-order valence-electron chi connectivity index (χ1n) is 9.02. The van der Waals surface area contributed by atoms with E-state index in [2.05, 4.69) is 5.32 Å². The molecule has 3 amide bonds. The molecule has 1 saturated heterocycles. The number of aromatic carboxylic acids is 1. The predicted octanol–water partition coefficient (Wildman–Crippen LogP) is 3.20. The Hall–Kier alpha value is -3.91. The van der Waals surface area contributed by atoms with Gasteiger partial charge in [-0.05, 0) is 35.9 Å². The number of imide groups is 1. The molecular weight excluding hydrogens is 427 g/mol. The van der Waals surface area contributed by atoms with Crippen molar-refractivity contribution in [2.24, 2.45) is 0 Å². The Morgan fingerprint density at radius 3 is 2.55 bits per heavy atom. The van der Waals surface area contributed by atoms with Gasteiger partial charge in [0.05, 0.1) is 17.5 Å². The highest BCUT2D eigenvalue weighted by Crippen LogP contribution is 2.28. The van der Waals surface area contributed by atoms with E-state index >= 15 is 0 Å². The largest absolute Gasteiger partial charge is 0.545 e. The van der Waals surface area contributed by atoms with Gasteiger partial charge in [-0.3, -0.25) is 9.69 Å². The Kier molecular flexibility index (Phi) is 5.31. The van der Waals surface area contributed by atoms with E-state index in [0.29, 0.717) is 22.6 Å². The molecule has 1 N–H and O–H groups in total. The van der Waals surface area contributed by atoms with Crippen molar-refractivity contribution < 1.29 is 28.3 Å². The summed E-state index contributed by atoms with van der Waals surface area (Å²) in [7, 11) is 0. The lowest BCUT2D eigenvalue weighted by Crippen LogP contribution is -2.30. The molecule has 9 heteroatoms. The van der Waals surface area contributed by atoms with E-state index in [-0.39, 0.29) is 22.8 Å². The van der Waals surface area contributed by atoms with Crippen molar-refractivity contribution in [2.45, 2.75) is 6.54 Å². The topological polar surface area (TPSA) is 103 Å². The first kappa shape index (κ1) is 20.4. The lowest BCUT2D eigenvalue weighted by molar-refractivity contribution is -0.255. The summed E-state index contributed by atoms with van der Waals surface area (Å²) in [6.45, 7) is -0.00499. The SMILES string of the molecule is O=C([O-])c1ccc(-c2ccc(/C=C3/NC(=O)N(Cc4ccc(F)cc4)C3=O)o2)cc1Cl. The Bertz CT molecular complexity index is 1230. The number of carboxylic acids is 1. The van der Waals surface area contributed by atoms with Crippen LogP contribution in [-0.4, -0.2) is 22.8 Å². The van der Waals surface area contributed by atoms with Crippen molar-refractivity contribution in [1.82, 2.24) is 10.2 Å². The second kappa shape index (κ2) is 8.08. The van der Waals surface area contributed by atoms with Crippen molar-refractivity contribution in [3.8, 4) is 11.3 Å². The van der Waals surface area contributed by atoms with E-state index in [9.17, 15) is 23.9 Å². The van der Waals surface area contributed by atoms with Gasteiger partial charge in [0.1, 0.15) is 23.0 Å². The van der Waals surface area contributed by atoms with E-state index < -0.39 is 23.7 Å². The fourth-order valence-electron chi connectivity index (χ4n) is 3.05. The summed E-state index contributed by atoms with van der Waals surface area (Å²) in [5.41, 5.74) is 1.01. The Labute approximate surface area is 180 Å². The number of furan rings is 1. The van der Waals surface area contributed by atoms with Crippen LogP contribution in [0.1, 0.15) is 21.7 Å². The van der Waals surface area contributed by atoms with Crippen LogP contribution in [0.2, 0.25) is 5.02 Å². The minimum Gasteiger partial charge on any atom is -0.545 e. The van der Waals surface area contributed by atoms with Gasteiger partial charge in [-0.25, -0.2) is 9.18 Å². The average molecular weight is 440 g/mol. The van der Waals surface area contributed by atoms with Crippen LogP contribution >= 0.6 is 11.6 Å². The number of carbonyl (C=O) groups is 3. The van der Waals surface area contributed by atoms with E-state index in [1.54, 1.807) is 12.1 Å². The third kappa shape index (κ3) is 4.19. The molecule has 156 valence electrons. The lowest BCUT2D eigenvalue weighted by Gasteiger charge is -2.11. The Balaban J connectivity index is 1.53.